The molecule has 0 saturated carbocycles. The van der Waals surface area contributed by atoms with Crippen molar-refractivity contribution in [2.75, 3.05) is 31.5 Å². The number of pyridine rings is 1. The Hall–Kier alpha value is -2.96. The molecule has 0 radical (unpaired) electrons. The van der Waals surface area contributed by atoms with Crippen molar-refractivity contribution in [2.45, 2.75) is 19.8 Å². The maximum atomic E-state index is 12.1. The quantitative estimate of drug-likeness (QED) is 0.229. The van der Waals surface area contributed by atoms with E-state index in [2.05, 4.69) is 22.0 Å². The van der Waals surface area contributed by atoms with Gasteiger partial charge in [-0.15, -0.1) is 6.58 Å². The molecular formula is C19H25N5O2. The van der Waals surface area contributed by atoms with Crippen LogP contribution in [0.15, 0.2) is 48.2 Å². The van der Waals surface area contributed by atoms with Crippen molar-refractivity contribution in [2.24, 2.45) is 5.10 Å². The molecular weight excluding hydrogens is 330 g/mol. The van der Waals surface area contributed by atoms with E-state index >= 15 is 0 Å². The first-order valence-electron chi connectivity index (χ1n) is 8.70. The molecule has 1 fully saturated rings. The minimum Gasteiger partial charge on any atom is -0.370 e. The topological polar surface area (TPSA) is 77.9 Å². The smallest absolute Gasteiger partial charge is 0.244 e. The van der Waals surface area contributed by atoms with Gasteiger partial charge in [0.2, 0.25) is 12.3 Å². The molecule has 0 atom stereocenters. The standard InChI is InChI=1S/C19H25N5O2/c1-3-5-10-20-18-9-8-16(13-21-18)17(7-4-2)22-24(15-25)14-19(26)23-11-6-12-23/h3-4,7-9,13,15H,1,5-6,10-12,14H2,2H3,(H,20,21)/b7-4-,22-17+. The van der Waals surface area contributed by atoms with Crippen LogP contribution in [0.2, 0.25) is 0 Å². The Kier molecular flexibility index (Phi) is 7.54. The van der Waals surface area contributed by atoms with Crippen LogP contribution in [0.1, 0.15) is 25.3 Å². The number of hydrogen-bond donors (Lipinski definition) is 1. The van der Waals surface area contributed by atoms with Crippen LogP contribution in [0.25, 0.3) is 0 Å². The molecule has 7 nitrogen and oxygen atoms in total. The van der Waals surface area contributed by atoms with Gasteiger partial charge in [-0.2, -0.15) is 5.10 Å². The largest absolute Gasteiger partial charge is 0.370 e. The number of anilines is 1. The van der Waals surface area contributed by atoms with Crippen molar-refractivity contribution >= 4 is 23.8 Å². The first-order valence-corrected chi connectivity index (χ1v) is 8.70. The van der Waals surface area contributed by atoms with Crippen LogP contribution < -0.4 is 5.32 Å². The highest BCUT2D eigenvalue weighted by atomic mass is 16.2. The van der Waals surface area contributed by atoms with E-state index < -0.39 is 0 Å². The summed E-state index contributed by atoms with van der Waals surface area (Å²) in [5.74, 6) is 0.669. The number of nitrogens with zero attached hydrogens (tertiary/aromatic N) is 4. The summed E-state index contributed by atoms with van der Waals surface area (Å²) in [5, 5.41) is 8.64. The molecule has 0 aliphatic carbocycles. The molecule has 1 aliphatic rings. The van der Waals surface area contributed by atoms with E-state index in [-0.39, 0.29) is 12.5 Å². The summed E-state index contributed by atoms with van der Waals surface area (Å²) in [7, 11) is 0. The van der Waals surface area contributed by atoms with Crippen LogP contribution >= 0.6 is 0 Å². The van der Waals surface area contributed by atoms with Crippen molar-refractivity contribution < 1.29 is 9.59 Å². The second kappa shape index (κ2) is 10.1. The fourth-order valence-corrected chi connectivity index (χ4v) is 2.34. The van der Waals surface area contributed by atoms with Crippen molar-refractivity contribution in [1.82, 2.24) is 14.9 Å². The Morgan fingerprint density at radius 3 is 2.81 bits per heavy atom. The van der Waals surface area contributed by atoms with Gasteiger partial charge in [0.1, 0.15) is 12.4 Å². The number of carbonyl (C=O) groups excluding carboxylic acids is 2. The van der Waals surface area contributed by atoms with Gasteiger partial charge in [0.05, 0.1) is 5.71 Å². The second-order valence-electron chi connectivity index (χ2n) is 5.86. The lowest BCUT2D eigenvalue weighted by atomic mass is 10.1. The van der Waals surface area contributed by atoms with E-state index in [1.807, 2.05) is 31.2 Å². The molecule has 0 unspecified atom stereocenters. The van der Waals surface area contributed by atoms with Crippen molar-refractivity contribution in [3.63, 3.8) is 0 Å². The first-order chi connectivity index (χ1) is 12.7. The summed E-state index contributed by atoms with van der Waals surface area (Å²) in [4.78, 5) is 29.5. The zero-order chi connectivity index (χ0) is 18.8. The number of allylic oxidation sites excluding steroid dienone is 2. The average Bonchev–Trinajstić information content (AvgIpc) is 2.60. The zero-order valence-electron chi connectivity index (χ0n) is 15.1. The molecule has 26 heavy (non-hydrogen) atoms. The van der Waals surface area contributed by atoms with Crippen LogP contribution in [-0.2, 0) is 9.59 Å². The van der Waals surface area contributed by atoms with Crippen molar-refractivity contribution in [3.05, 3.63) is 48.7 Å². The lowest BCUT2D eigenvalue weighted by Gasteiger charge is -2.31. The van der Waals surface area contributed by atoms with Gasteiger partial charge in [-0.05, 0) is 38.0 Å². The lowest BCUT2D eigenvalue weighted by molar-refractivity contribution is -0.138. The molecule has 0 spiro atoms. The number of nitrogens with one attached hydrogen (secondary N) is 1. The Labute approximate surface area is 154 Å². The SMILES string of the molecule is C=CCCNc1ccc(C(/C=C\C)=N/N(C=O)CC(=O)N2CCC2)cn1. The Morgan fingerprint density at radius 2 is 2.27 bits per heavy atom. The predicted octanol–water partition coefficient (Wildman–Crippen LogP) is 2.04. The molecule has 138 valence electrons. The highest BCUT2D eigenvalue weighted by molar-refractivity contribution is 6.08. The highest BCUT2D eigenvalue weighted by Crippen LogP contribution is 2.10. The zero-order valence-corrected chi connectivity index (χ0v) is 15.1. The van der Waals surface area contributed by atoms with E-state index in [1.165, 1.54) is 0 Å². The lowest BCUT2D eigenvalue weighted by Crippen LogP contribution is -2.46. The van der Waals surface area contributed by atoms with Crippen LogP contribution in [-0.4, -0.2) is 59.1 Å². The van der Waals surface area contributed by atoms with Crippen LogP contribution in [0, 0.1) is 0 Å². The van der Waals surface area contributed by atoms with E-state index in [9.17, 15) is 9.59 Å². The van der Waals surface area contributed by atoms with Crippen molar-refractivity contribution in [1.29, 1.82) is 0 Å². The number of aromatic nitrogens is 1. The Bertz CT molecular complexity index is 678. The minimum absolute atomic E-state index is 0.0564. The molecule has 2 amide bonds. The predicted molar refractivity (Wildman–Crippen MR) is 103 cm³/mol. The van der Waals surface area contributed by atoms with E-state index in [1.54, 1.807) is 17.2 Å². The van der Waals surface area contributed by atoms with Gasteiger partial charge in [0, 0.05) is 31.4 Å². The number of hydrazone groups is 1. The van der Waals surface area contributed by atoms with Crippen LogP contribution in [0.4, 0.5) is 5.82 Å². The van der Waals surface area contributed by atoms with Gasteiger partial charge in [0.25, 0.3) is 0 Å². The summed E-state index contributed by atoms with van der Waals surface area (Å²) in [5.41, 5.74) is 1.33. The summed E-state index contributed by atoms with van der Waals surface area (Å²) in [6.45, 7) is 7.76. The number of amides is 2. The highest BCUT2D eigenvalue weighted by Gasteiger charge is 2.22. The van der Waals surface area contributed by atoms with Gasteiger partial charge < -0.3 is 10.2 Å². The monoisotopic (exact) mass is 355 g/mol. The van der Waals surface area contributed by atoms with Crippen LogP contribution in [0.3, 0.4) is 0 Å². The van der Waals surface area contributed by atoms with Gasteiger partial charge >= 0.3 is 0 Å². The molecule has 1 aliphatic heterocycles. The molecule has 2 heterocycles. The fraction of sp³-hybridized carbons (Fsp3) is 0.368. The minimum atomic E-state index is -0.0909. The molecule has 1 saturated heterocycles. The third kappa shape index (κ3) is 5.54. The molecule has 0 bridgehead atoms. The van der Waals surface area contributed by atoms with Gasteiger partial charge in [-0.1, -0.05) is 12.2 Å². The number of carbonyl (C=O) groups is 2. The van der Waals surface area contributed by atoms with Crippen molar-refractivity contribution in [3.8, 4) is 0 Å². The molecule has 0 aromatic carbocycles. The Balaban J connectivity index is 2.09. The number of likely N-dealkylation sites (tertiary alicyclic amines) is 1. The third-order valence-electron chi connectivity index (χ3n) is 3.90. The molecule has 1 aromatic heterocycles. The second-order valence-corrected chi connectivity index (χ2v) is 5.86. The first kappa shape index (κ1) is 19.4. The van der Waals surface area contributed by atoms with Gasteiger partial charge in [-0.3, -0.25) is 9.59 Å². The Morgan fingerprint density at radius 1 is 1.46 bits per heavy atom. The summed E-state index contributed by atoms with van der Waals surface area (Å²) in [6.07, 6.45) is 9.58. The normalized spacial score (nSPS) is 14.0. The number of rotatable bonds is 10. The number of hydrogen-bond acceptors (Lipinski definition) is 5. The van der Waals surface area contributed by atoms with Crippen LogP contribution in [0.5, 0.6) is 0 Å². The third-order valence-corrected chi connectivity index (χ3v) is 3.90. The summed E-state index contributed by atoms with van der Waals surface area (Å²) < 4.78 is 0. The van der Waals surface area contributed by atoms with E-state index in [0.717, 1.165) is 48.9 Å². The molecule has 1 aromatic rings. The van der Waals surface area contributed by atoms with E-state index in [0.29, 0.717) is 12.1 Å². The molecule has 7 heteroatoms. The maximum absolute atomic E-state index is 12.1. The average molecular weight is 355 g/mol. The maximum Gasteiger partial charge on any atom is 0.244 e. The summed E-state index contributed by atoms with van der Waals surface area (Å²) >= 11 is 0. The van der Waals surface area contributed by atoms with Gasteiger partial charge in [-0.25, -0.2) is 9.99 Å². The fourth-order valence-electron chi connectivity index (χ4n) is 2.34. The van der Waals surface area contributed by atoms with Gasteiger partial charge in [0.15, 0.2) is 0 Å². The molecule has 2 rings (SSSR count). The molecule has 1 N–H and O–H groups in total. The summed E-state index contributed by atoms with van der Waals surface area (Å²) in [6, 6.07) is 3.73. The van der Waals surface area contributed by atoms with E-state index in [4.69, 9.17) is 0 Å².